The van der Waals surface area contributed by atoms with E-state index in [2.05, 4.69) is 4.98 Å². The first-order valence-electron chi connectivity index (χ1n) is 9.61. The topological polar surface area (TPSA) is 67.3 Å². The lowest BCUT2D eigenvalue weighted by Gasteiger charge is -2.28. The van der Waals surface area contributed by atoms with Crippen molar-refractivity contribution < 1.29 is 17.6 Å². The molecule has 0 N–H and O–H groups in total. The van der Waals surface area contributed by atoms with Crippen LogP contribution in [0.15, 0.2) is 54.6 Å². The second-order valence-electron chi connectivity index (χ2n) is 7.39. The van der Waals surface area contributed by atoms with Crippen LogP contribution in [0.1, 0.15) is 27.5 Å². The molecule has 2 heterocycles. The highest BCUT2D eigenvalue weighted by molar-refractivity contribution is 7.91. The van der Waals surface area contributed by atoms with Crippen molar-refractivity contribution in [1.82, 2.24) is 9.88 Å². The van der Waals surface area contributed by atoms with E-state index in [9.17, 15) is 17.6 Å². The molecule has 1 atom stereocenters. The van der Waals surface area contributed by atoms with E-state index in [-0.39, 0.29) is 29.8 Å². The van der Waals surface area contributed by atoms with Gasteiger partial charge in [-0.25, -0.2) is 17.8 Å². The Morgan fingerprint density at radius 2 is 1.87 bits per heavy atom. The summed E-state index contributed by atoms with van der Waals surface area (Å²) in [6.07, 6.45) is 0.388. The minimum absolute atomic E-state index is 0.0620. The second-order valence-corrected chi connectivity index (χ2v) is 10.8. The van der Waals surface area contributed by atoms with Gasteiger partial charge >= 0.3 is 0 Å². The summed E-state index contributed by atoms with van der Waals surface area (Å²) < 4.78 is 37.5. The highest BCUT2D eigenvalue weighted by Gasteiger charge is 2.36. The minimum atomic E-state index is -3.18. The summed E-state index contributed by atoms with van der Waals surface area (Å²) in [4.78, 5) is 20.5. The summed E-state index contributed by atoms with van der Waals surface area (Å²) in [6, 6.07) is 15.0. The Labute approximate surface area is 179 Å². The van der Waals surface area contributed by atoms with E-state index in [4.69, 9.17) is 0 Å². The van der Waals surface area contributed by atoms with E-state index in [1.807, 2.05) is 37.3 Å². The van der Waals surface area contributed by atoms with Gasteiger partial charge in [-0.1, -0.05) is 42.5 Å². The quantitative estimate of drug-likeness (QED) is 0.595. The van der Waals surface area contributed by atoms with Gasteiger partial charge in [0, 0.05) is 12.6 Å². The van der Waals surface area contributed by atoms with Crippen molar-refractivity contribution in [1.29, 1.82) is 0 Å². The molecule has 1 aliphatic rings. The average molecular weight is 445 g/mol. The number of nitrogens with zero attached hydrogens (tertiary/aromatic N) is 2. The Hall–Kier alpha value is -2.58. The number of aromatic nitrogens is 1. The van der Waals surface area contributed by atoms with Gasteiger partial charge in [0.05, 0.1) is 21.4 Å². The summed E-state index contributed by atoms with van der Waals surface area (Å²) in [5.41, 5.74) is 1.96. The number of thiazole rings is 1. The Kier molecular flexibility index (Phi) is 5.71. The van der Waals surface area contributed by atoms with Crippen molar-refractivity contribution in [2.24, 2.45) is 0 Å². The van der Waals surface area contributed by atoms with Crippen LogP contribution in [0.4, 0.5) is 4.39 Å². The van der Waals surface area contributed by atoms with E-state index in [0.29, 0.717) is 12.1 Å². The Balaban J connectivity index is 1.72. The fraction of sp³-hybridized carbons (Fsp3) is 0.273. The standard InChI is InChI=1S/C22H21FN2O3S2/c1-15-24-20(21(29-15)17-5-3-2-4-6-17)22(26)25(19-11-12-30(27,28)14-19)13-16-7-9-18(23)10-8-16/h2-10,19H,11-14H2,1H3. The molecular weight excluding hydrogens is 423 g/mol. The van der Waals surface area contributed by atoms with Gasteiger partial charge in [0.15, 0.2) is 9.84 Å². The molecule has 1 fully saturated rings. The molecule has 1 aliphatic heterocycles. The van der Waals surface area contributed by atoms with Crippen LogP contribution in [0.2, 0.25) is 0 Å². The smallest absolute Gasteiger partial charge is 0.274 e. The molecule has 1 saturated heterocycles. The Morgan fingerprint density at radius 3 is 2.50 bits per heavy atom. The SMILES string of the molecule is Cc1nc(C(=O)N(Cc2ccc(F)cc2)C2CCS(=O)(=O)C2)c(-c2ccccc2)s1. The summed E-state index contributed by atoms with van der Waals surface area (Å²) in [5, 5.41) is 0.762. The molecule has 2 aromatic carbocycles. The molecule has 8 heteroatoms. The molecule has 1 amide bonds. The fourth-order valence-electron chi connectivity index (χ4n) is 3.67. The van der Waals surface area contributed by atoms with Gasteiger partial charge < -0.3 is 4.90 Å². The lowest BCUT2D eigenvalue weighted by molar-refractivity contribution is 0.0676. The maximum absolute atomic E-state index is 13.6. The van der Waals surface area contributed by atoms with Crippen LogP contribution < -0.4 is 0 Å². The highest BCUT2D eigenvalue weighted by Crippen LogP contribution is 2.32. The lowest BCUT2D eigenvalue weighted by Crippen LogP contribution is -2.41. The number of halogens is 1. The Morgan fingerprint density at radius 1 is 1.17 bits per heavy atom. The number of benzene rings is 2. The van der Waals surface area contributed by atoms with Crippen molar-refractivity contribution >= 4 is 27.1 Å². The molecule has 3 aromatic rings. The average Bonchev–Trinajstić information content (AvgIpc) is 3.29. The minimum Gasteiger partial charge on any atom is -0.329 e. The number of hydrogen-bond acceptors (Lipinski definition) is 5. The number of sulfone groups is 1. The first-order chi connectivity index (χ1) is 14.3. The van der Waals surface area contributed by atoms with Gasteiger partial charge in [-0.3, -0.25) is 4.79 Å². The van der Waals surface area contributed by atoms with Crippen molar-refractivity contribution in [3.63, 3.8) is 0 Å². The summed E-state index contributed by atoms with van der Waals surface area (Å²) in [7, 11) is -3.18. The second kappa shape index (κ2) is 8.28. The number of aryl methyl sites for hydroxylation is 1. The van der Waals surface area contributed by atoms with Crippen molar-refractivity contribution in [2.45, 2.75) is 25.9 Å². The molecule has 0 aliphatic carbocycles. The van der Waals surface area contributed by atoms with Crippen molar-refractivity contribution in [3.05, 3.63) is 76.7 Å². The maximum atomic E-state index is 13.6. The predicted octanol–water partition coefficient (Wildman–Crippen LogP) is 4.09. The summed E-state index contributed by atoms with van der Waals surface area (Å²) in [6.45, 7) is 2.04. The zero-order valence-electron chi connectivity index (χ0n) is 16.4. The normalized spacial score (nSPS) is 17.7. The summed E-state index contributed by atoms with van der Waals surface area (Å²) >= 11 is 1.44. The fourth-order valence-corrected chi connectivity index (χ4v) is 6.31. The Bertz CT molecular complexity index is 1160. The number of amides is 1. The zero-order valence-corrected chi connectivity index (χ0v) is 18.0. The van der Waals surface area contributed by atoms with Crippen LogP contribution in [-0.4, -0.2) is 41.8 Å². The van der Waals surface area contributed by atoms with Crippen LogP contribution in [0.5, 0.6) is 0 Å². The van der Waals surface area contributed by atoms with Gasteiger partial charge in [-0.15, -0.1) is 11.3 Å². The number of carbonyl (C=O) groups is 1. The van der Waals surface area contributed by atoms with E-state index in [1.54, 1.807) is 17.0 Å². The maximum Gasteiger partial charge on any atom is 0.274 e. The van der Waals surface area contributed by atoms with Gasteiger partial charge in [-0.05, 0) is 36.6 Å². The molecule has 0 radical (unpaired) electrons. The van der Waals surface area contributed by atoms with E-state index in [0.717, 1.165) is 21.0 Å². The molecule has 5 nitrogen and oxygen atoms in total. The number of hydrogen-bond donors (Lipinski definition) is 0. The molecule has 156 valence electrons. The summed E-state index contributed by atoms with van der Waals surface area (Å²) in [5.74, 6) is -0.665. The van der Waals surface area contributed by atoms with E-state index < -0.39 is 15.9 Å². The van der Waals surface area contributed by atoms with Crippen LogP contribution in [0, 0.1) is 12.7 Å². The molecule has 0 bridgehead atoms. The third-order valence-corrected chi connectivity index (χ3v) is 7.92. The van der Waals surface area contributed by atoms with E-state index >= 15 is 0 Å². The first-order valence-corrected chi connectivity index (χ1v) is 12.2. The molecule has 4 rings (SSSR count). The van der Waals surface area contributed by atoms with Gasteiger partial charge in [-0.2, -0.15) is 0 Å². The monoisotopic (exact) mass is 444 g/mol. The third kappa shape index (κ3) is 4.44. The van der Waals surface area contributed by atoms with Gasteiger partial charge in [0.2, 0.25) is 0 Å². The molecule has 1 unspecified atom stereocenters. The van der Waals surface area contributed by atoms with Crippen LogP contribution in [0.3, 0.4) is 0 Å². The zero-order chi connectivity index (χ0) is 21.3. The lowest BCUT2D eigenvalue weighted by atomic mass is 10.1. The van der Waals surface area contributed by atoms with Crippen molar-refractivity contribution in [3.8, 4) is 10.4 Å². The molecule has 1 aromatic heterocycles. The van der Waals surface area contributed by atoms with Gasteiger partial charge in [0.25, 0.3) is 5.91 Å². The molecule has 0 saturated carbocycles. The van der Waals surface area contributed by atoms with Gasteiger partial charge in [0.1, 0.15) is 11.5 Å². The number of rotatable bonds is 5. The predicted molar refractivity (Wildman–Crippen MR) is 116 cm³/mol. The van der Waals surface area contributed by atoms with Crippen molar-refractivity contribution in [2.75, 3.05) is 11.5 Å². The largest absolute Gasteiger partial charge is 0.329 e. The molecular formula is C22H21FN2O3S2. The highest BCUT2D eigenvalue weighted by atomic mass is 32.2. The van der Waals surface area contributed by atoms with Crippen LogP contribution in [-0.2, 0) is 16.4 Å². The molecule has 30 heavy (non-hydrogen) atoms. The third-order valence-electron chi connectivity index (χ3n) is 5.15. The first kappa shape index (κ1) is 20.7. The molecule has 0 spiro atoms. The number of carbonyl (C=O) groups excluding carboxylic acids is 1. The van der Waals surface area contributed by atoms with E-state index in [1.165, 1.54) is 23.5 Å². The van der Waals surface area contributed by atoms with Crippen LogP contribution in [0.25, 0.3) is 10.4 Å². The van der Waals surface area contributed by atoms with Crippen LogP contribution >= 0.6 is 11.3 Å².